The largest absolute Gasteiger partial charge is 0.490 e. The molecule has 2 saturated heterocycles. The summed E-state index contributed by atoms with van der Waals surface area (Å²) in [7, 11) is 4.28. The van der Waals surface area contributed by atoms with Crippen molar-refractivity contribution >= 4 is 11.9 Å². The van der Waals surface area contributed by atoms with E-state index in [0.717, 1.165) is 44.3 Å². The molecule has 4 rings (SSSR count). The van der Waals surface area contributed by atoms with Crippen LogP contribution in [0.4, 0.5) is 26.3 Å². The minimum atomic E-state index is -5.08. The monoisotopic (exact) mass is 546 g/mol. The lowest BCUT2D eigenvalue weighted by atomic mass is 9.82. The Morgan fingerprint density at radius 1 is 1.03 bits per heavy atom. The van der Waals surface area contributed by atoms with E-state index in [0.29, 0.717) is 12.7 Å². The number of carboxylic acid groups (broad SMARTS) is 2. The van der Waals surface area contributed by atoms with Crippen molar-refractivity contribution in [3.8, 4) is 11.5 Å². The molecule has 0 amide bonds. The van der Waals surface area contributed by atoms with Gasteiger partial charge in [-0.25, -0.2) is 9.59 Å². The van der Waals surface area contributed by atoms with Crippen LogP contribution in [-0.4, -0.2) is 97.0 Å². The van der Waals surface area contributed by atoms with E-state index < -0.39 is 24.3 Å². The number of carbonyl (C=O) groups is 2. The summed E-state index contributed by atoms with van der Waals surface area (Å²) < 4.78 is 80.5. The molecule has 3 aliphatic heterocycles. The SMILES string of the molecule is CN(C)CC1CCC2(CN(Cc3ccc4c(c3)OCO4)C2)OC1.O=C(O)C(F)(F)F.O=C(O)C(F)(F)F. The number of benzene rings is 1. The lowest BCUT2D eigenvalue weighted by Gasteiger charge is -2.53. The van der Waals surface area contributed by atoms with E-state index in [9.17, 15) is 26.3 Å². The van der Waals surface area contributed by atoms with Gasteiger partial charge < -0.3 is 29.3 Å². The zero-order valence-electron chi connectivity index (χ0n) is 20.1. The first kappa shape index (κ1) is 30.4. The van der Waals surface area contributed by atoms with Crippen LogP contribution < -0.4 is 9.47 Å². The van der Waals surface area contributed by atoms with Gasteiger partial charge >= 0.3 is 24.3 Å². The molecule has 15 heteroatoms. The smallest absolute Gasteiger partial charge is 0.475 e. The van der Waals surface area contributed by atoms with Crippen LogP contribution in [0.25, 0.3) is 0 Å². The molecule has 2 fully saturated rings. The third-order valence-electron chi connectivity index (χ3n) is 5.61. The molecule has 0 radical (unpaired) electrons. The van der Waals surface area contributed by atoms with E-state index in [2.05, 4.69) is 36.0 Å². The maximum atomic E-state index is 10.6. The second-order valence-corrected chi connectivity index (χ2v) is 9.10. The Kier molecular flexibility index (Phi) is 10.0. The number of aliphatic carboxylic acids is 2. The molecule has 2 N–H and O–H groups in total. The number of halogens is 6. The summed E-state index contributed by atoms with van der Waals surface area (Å²) in [5.41, 5.74) is 1.41. The predicted octanol–water partition coefficient (Wildman–Crippen LogP) is 3.22. The Morgan fingerprint density at radius 3 is 2.03 bits per heavy atom. The van der Waals surface area contributed by atoms with Crippen molar-refractivity contribution in [2.24, 2.45) is 5.92 Å². The number of likely N-dealkylation sites (tertiary alicyclic amines) is 1. The minimum absolute atomic E-state index is 0.124. The summed E-state index contributed by atoms with van der Waals surface area (Å²) in [6, 6.07) is 6.24. The molecule has 1 aromatic rings. The van der Waals surface area contributed by atoms with Crippen molar-refractivity contribution in [3.63, 3.8) is 0 Å². The van der Waals surface area contributed by atoms with Crippen molar-refractivity contribution in [2.45, 2.75) is 37.3 Å². The average molecular weight is 546 g/mol. The van der Waals surface area contributed by atoms with E-state index in [-0.39, 0.29) is 5.60 Å². The summed E-state index contributed by atoms with van der Waals surface area (Å²) in [5, 5.41) is 14.2. The molecule has 0 aliphatic carbocycles. The van der Waals surface area contributed by atoms with Gasteiger partial charge in [-0.1, -0.05) is 6.07 Å². The number of ether oxygens (including phenoxy) is 3. The maximum absolute atomic E-state index is 10.6. The highest BCUT2D eigenvalue weighted by Crippen LogP contribution is 2.38. The molecule has 0 aromatic heterocycles. The normalized spacial score (nSPS) is 20.3. The summed E-state index contributed by atoms with van der Waals surface area (Å²) in [4.78, 5) is 22.5. The van der Waals surface area contributed by atoms with Gasteiger partial charge in [0.2, 0.25) is 6.79 Å². The molecule has 0 saturated carbocycles. The van der Waals surface area contributed by atoms with Crippen LogP contribution in [0.5, 0.6) is 11.5 Å². The molecular weight excluding hydrogens is 518 g/mol. The van der Waals surface area contributed by atoms with E-state index >= 15 is 0 Å². The predicted molar refractivity (Wildman–Crippen MR) is 115 cm³/mol. The summed E-state index contributed by atoms with van der Waals surface area (Å²) >= 11 is 0. The van der Waals surface area contributed by atoms with E-state index in [1.807, 2.05) is 6.07 Å². The van der Waals surface area contributed by atoms with Crippen LogP contribution in [0.2, 0.25) is 0 Å². The fourth-order valence-electron chi connectivity index (χ4n) is 4.01. The molecule has 3 aliphatic rings. The van der Waals surface area contributed by atoms with Crippen LogP contribution in [-0.2, 0) is 20.9 Å². The summed E-state index contributed by atoms with van der Waals surface area (Å²) in [6.45, 7) is 5.45. The molecule has 37 heavy (non-hydrogen) atoms. The number of carboxylic acids is 2. The fourth-order valence-corrected chi connectivity index (χ4v) is 4.01. The molecule has 1 atom stereocenters. The highest BCUT2D eigenvalue weighted by Gasteiger charge is 2.46. The molecular formula is C22H28F6N2O7. The quantitative estimate of drug-likeness (QED) is 0.551. The fraction of sp³-hybridized carbons (Fsp3) is 0.636. The number of fused-ring (bicyclic) bond motifs is 1. The topological polar surface area (TPSA) is 109 Å². The van der Waals surface area contributed by atoms with E-state index in [1.165, 1.54) is 18.4 Å². The third-order valence-corrected chi connectivity index (χ3v) is 5.61. The van der Waals surface area contributed by atoms with Crippen molar-refractivity contribution in [1.82, 2.24) is 9.80 Å². The lowest BCUT2D eigenvalue weighted by Crippen LogP contribution is -2.64. The third kappa shape index (κ3) is 9.55. The van der Waals surface area contributed by atoms with Crippen molar-refractivity contribution in [1.29, 1.82) is 0 Å². The molecule has 210 valence electrons. The van der Waals surface area contributed by atoms with Gasteiger partial charge in [0.1, 0.15) is 0 Å². The number of hydrogen-bond donors (Lipinski definition) is 2. The van der Waals surface area contributed by atoms with Crippen LogP contribution >= 0.6 is 0 Å². The van der Waals surface area contributed by atoms with Crippen molar-refractivity contribution in [3.05, 3.63) is 23.8 Å². The van der Waals surface area contributed by atoms with Gasteiger partial charge in [0.15, 0.2) is 11.5 Å². The van der Waals surface area contributed by atoms with Crippen molar-refractivity contribution < 1.29 is 60.4 Å². The van der Waals surface area contributed by atoms with Crippen LogP contribution in [0.3, 0.4) is 0 Å². The van der Waals surface area contributed by atoms with E-state index in [4.69, 9.17) is 34.0 Å². The van der Waals surface area contributed by atoms with Gasteiger partial charge in [-0.05, 0) is 50.6 Å². The first-order chi connectivity index (χ1) is 17.0. The second kappa shape index (κ2) is 12.2. The Morgan fingerprint density at radius 2 is 1.57 bits per heavy atom. The number of nitrogens with zero attached hydrogens (tertiary/aromatic N) is 2. The van der Waals surface area contributed by atoms with Gasteiger partial charge in [-0.2, -0.15) is 26.3 Å². The minimum Gasteiger partial charge on any atom is -0.475 e. The van der Waals surface area contributed by atoms with Gasteiger partial charge in [0, 0.05) is 26.2 Å². The highest BCUT2D eigenvalue weighted by molar-refractivity contribution is 5.73. The van der Waals surface area contributed by atoms with Gasteiger partial charge in [-0.15, -0.1) is 0 Å². The van der Waals surface area contributed by atoms with Gasteiger partial charge in [0.25, 0.3) is 0 Å². The maximum Gasteiger partial charge on any atom is 0.490 e. The molecule has 0 bridgehead atoms. The number of rotatable bonds is 4. The first-order valence-electron chi connectivity index (χ1n) is 11.0. The Bertz CT molecular complexity index is 899. The molecule has 1 unspecified atom stereocenters. The summed E-state index contributed by atoms with van der Waals surface area (Å²) in [6.07, 6.45) is -7.68. The van der Waals surface area contributed by atoms with Gasteiger partial charge in [0.05, 0.1) is 12.2 Å². The Hall–Kier alpha value is -2.78. The van der Waals surface area contributed by atoms with Crippen molar-refractivity contribution in [2.75, 3.05) is 47.1 Å². The number of alkyl halides is 6. The highest BCUT2D eigenvalue weighted by atomic mass is 19.4. The molecule has 9 nitrogen and oxygen atoms in total. The Balaban J connectivity index is 0.000000286. The molecule has 1 aromatic carbocycles. The Labute approximate surface area is 208 Å². The second-order valence-electron chi connectivity index (χ2n) is 9.10. The molecule has 1 spiro atoms. The average Bonchev–Trinajstić information content (AvgIpc) is 3.21. The zero-order valence-corrected chi connectivity index (χ0v) is 20.1. The van der Waals surface area contributed by atoms with E-state index in [1.54, 1.807) is 0 Å². The zero-order chi connectivity index (χ0) is 28.0. The number of hydrogen-bond acceptors (Lipinski definition) is 7. The van der Waals surface area contributed by atoms with Gasteiger partial charge in [-0.3, -0.25) is 4.90 Å². The molecule has 3 heterocycles. The summed E-state index contributed by atoms with van der Waals surface area (Å²) in [5.74, 6) is -3.09. The standard InChI is InChI=1S/C18H26N2O3.2C2HF3O2/c1-19(2)8-15-5-6-18(23-10-15)11-20(12-18)9-14-3-4-16-17(7-14)22-13-21-16;2*3-2(4,5)1(6)7/h3-4,7,15H,5-6,8-13H2,1-2H3;2*(H,6,7). The lowest BCUT2D eigenvalue weighted by molar-refractivity contribution is -0.193. The van der Waals surface area contributed by atoms with Crippen LogP contribution in [0, 0.1) is 5.92 Å². The van der Waals surface area contributed by atoms with Crippen LogP contribution in [0.1, 0.15) is 18.4 Å². The first-order valence-corrected chi connectivity index (χ1v) is 11.0. The van der Waals surface area contributed by atoms with Crippen LogP contribution in [0.15, 0.2) is 18.2 Å².